The molecule has 3 N–H and O–H groups in total. The van der Waals surface area contributed by atoms with Crippen molar-refractivity contribution in [3.8, 4) is 5.75 Å². The third kappa shape index (κ3) is 3.42. The van der Waals surface area contributed by atoms with Crippen molar-refractivity contribution in [3.63, 3.8) is 0 Å². The van der Waals surface area contributed by atoms with Crippen molar-refractivity contribution in [2.24, 2.45) is 0 Å². The maximum Gasteiger partial charge on any atom is 0.357 e. The van der Waals surface area contributed by atoms with Crippen LogP contribution in [0.5, 0.6) is 5.75 Å². The number of rotatable bonds is 5. The number of nitrogens with zero attached hydrogens (tertiary/aromatic N) is 3. The number of aromatic hydroxyl groups is 1. The maximum absolute atomic E-state index is 11.5. The predicted octanol–water partition coefficient (Wildman–Crippen LogP) is 0.664. The zero-order valence-electron chi connectivity index (χ0n) is 12.4. The van der Waals surface area contributed by atoms with E-state index in [0.29, 0.717) is 6.07 Å². The van der Waals surface area contributed by atoms with Crippen LogP contribution in [0.1, 0.15) is 11.3 Å². The summed E-state index contributed by atoms with van der Waals surface area (Å²) < 4.78 is 0. The van der Waals surface area contributed by atoms with Gasteiger partial charge in [0, 0.05) is 11.6 Å². The number of nitro groups is 3. The molecule has 1 aromatic heterocycles. The zero-order chi connectivity index (χ0) is 19.6. The van der Waals surface area contributed by atoms with Gasteiger partial charge in [0.05, 0.1) is 20.8 Å². The van der Waals surface area contributed by atoms with E-state index in [2.05, 4.69) is 0 Å². The third-order valence-electron chi connectivity index (χ3n) is 3.07. The van der Waals surface area contributed by atoms with E-state index in [1.54, 1.807) is 4.98 Å². The minimum atomic E-state index is -1.30. The molecule has 134 valence electrons. The highest BCUT2D eigenvalue weighted by Gasteiger charge is 2.23. The van der Waals surface area contributed by atoms with E-state index in [9.17, 15) is 45.0 Å². The lowest BCUT2D eigenvalue weighted by Crippen LogP contribution is -2.25. The van der Waals surface area contributed by atoms with Gasteiger partial charge in [-0.3, -0.25) is 40.1 Å². The number of aromatic nitrogens is 2. The standard InChI is InChI=1S/C12H7N5O9/c18-10-5(3-6(15(21)22)4-8(10)16(23)24)1-2-7-9(17(25)26)11(19)14-12(20)13-7/h1-4,18H,(H2,13,14,19,20)/b2-1+. The Morgan fingerprint density at radius 1 is 0.923 bits per heavy atom. The van der Waals surface area contributed by atoms with Crippen molar-refractivity contribution in [1.29, 1.82) is 0 Å². The van der Waals surface area contributed by atoms with E-state index in [4.69, 9.17) is 0 Å². The Balaban J connectivity index is 2.68. The second-order valence-corrected chi connectivity index (χ2v) is 4.68. The first-order chi connectivity index (χ1) is 12.1. The Hall–Kier alpha value is -4.36. The molecule has 2 aromatic rings. The first kappa shape index (κ1) is 18.0. The molecule has 1 heterocycles. The van der Waals surface area contributed by atoms with Crippen LogP contribution in [0.3, 0.4) is 0 Å². The highest BCUT2D eigenvalue weighted by Crippen LogP contribution is 2.35. The molecule has 0 fully saturated rings. The molecular weight excluding hydrogens is 358 g/mol. The molecule has 0 aliphatic heterocycles. The number of phenolic OH excluding ortho intramolecular Hbond substituents is 1. The molecule has 1 aromatic carbocycles. The van der Waals surface area contributed by atoms with Crippen LogP contribution < -0.4 is 11.2 Å². The van der Waals surface area contributed by atoms with Gasteiger partial charge < -0.3 is 10.1 Å². The first-order valence-electron chi connectivity index (χ1n) is 6.46. The van der Waals surface area contributed by atoms with Crippen molar-refractivity contribution >= 4 is 29.2 Å². The molecule has 0 radical (unpaired) electrons. The summed E-state index contributed by atoms with van der Waals surface area (Å²) in [5.41, 5.74) is -6.07. The lowest BCUT2D eigenvalue weighted by Gasteiger charge is -2.01. The van der Waals surface area contributed by atoms with Crippen molar-refractivity contribution in [2.45, 2.75) is 0 Å². The third-order valence-corrected chi connectivity index (χ3v) is 3.07. The second-order valence-electron chi connectivity index (χ2n) is 4.68. The van der Waals surface area contributed by atoms with E-state index in [1.807, 2.05) is 4.98 Å². The van der Waals surface area contributed by atoms with E-state index in [-0.39, 0.29) is 0 Å². The number of aromatic amines is 2. The van der Waals surface area contributed by atoms with E-state index in [1.165, 1.54) is 0 Å². The molecule has 0 bridgehead atoms. The van der Waals surface area contributed by atoms with Crippen LogP contribution in [-0.2, 0) is 0 Å². The number of nitrogens with one attached hydrogen (secondary N) is 2. The summed E-state index contributed by atoms with van der Waals surface area (Å²) in [6.07, 6.45) is 1.64. The molecule has 0 saturated heterocycles. The van der Waals surface area contributed by atoms with Crippen LogP contribution in [-0.4, -0.2) is 29.8 Å². The van der Waals surface area contributed by atoms with Crippen molar-refractivity contribution in [3.05, 3.63) is 74.6 Å². The van der Waals surface area contributed by atoms with Crippen molar-refractivity contribution < 1.29 is 19.9 Å². The Labute approximate surface area is 140 Å². The van der Waals surface area contributed by atoms with Crippen LogP contribution in [0.4, 0.5) is 17.1 Å². The van der Waals surface area contributed by atoms with E-state index in [0.717, 1.165) is 18.2 Å². The highest BCUT2D eigenvalue weighted by molar-refractivity contribution is 5.77. The molecule has 2 rings (SSSR count). The van der Waals surface area contributed by atoms with E-state index >= 15 is 0 Å². The van der Waals surface area contributed by atoms with Gasteiger partial charge in [-0.2, -0.15) is 0 Å². The van der Waals surface area contributed by atoms with Crippen LogP contribution >= 0.6 is 0 Å². The average Bonchev–Trinajstić information content (AvgIpc) is 2.52. The maximum atomic E-state index is 11.5. The summed E-state index contributed by atoms with van der Waals surface area (Å²) in [7, 11) is 0. The van der Waals surface area contributed by atoms with Gasteiger partial charge in [-0.05, 0) is 12.2 Å². The van der Waals surface area contributed by atoms with Crippen molar-refractivity contribution in [2.75, 3.05) is 0 Å². The van der Waals surface area contributed by atoms with Crippen LogP contribution in [0, 0.1) is 30.3 Å². The van der Waals surface area contributed by atoms with Crippen molar-refractivity contribution in [1.82, 2.24) is 9.97 Å². The topological polar surface area (TPSA) is 215 Å². The van der Waals surface area contributed by atoms with Crippen LogP contribution in [0.25, 0.3) is 12.2 Å². The Morgan fingerprint density at radius 3 is 2.12 bits per heavy atom. The molecule has 14 nitrogen and oxygen atoms in total. The Bertz CT molecular complexity index is 1080. The number of nitro benzene ring substituents is 2. The predicted molar refractivity (Wildman–Crippen MR) is 84.7 cm³/mol. The van der Waals surface area contributed by atoms with Gasteiger partial charge in [0.2, 0.25) is 5.75 Å². The molecular formula is C12H7N5O9. The summed E-state index contributed by atoms with van der Waals surface area (Å²) in [4.78, 5) is 55.9. The quantitative estimate of drug-likeness (QED) is 0.500. The lowest BCUT2D eigenvalue weighted by molar-refractivity contribution is -0.394. The lowest BCUT2D eigenvalue weighted by atomic mass is 10.1. The van der Waals surface area contributed by atoms with Gasteiger partial charge in [-0.25, -0.2) is 4.79 Å². The number of phenols is 1. The monoisotopic (exact) mass is 365 g/mol. The molecule has 0 spiro atoms. The molecule has 14 heteroatoms. The molecule has 0 aliphatic carbocycles. The summed E-state index contributed by atoms with van der Waals surface area (Å²) in [6.45, 7) is 0. The van der Waals surface area contributed by atoms with Crippen LogP contribution in [0.2, 0.25) is 0 Å². The fraction of sp³-hybridized carbons (Fsp3) is 0. The number of H-pyrrole nitrogens is 2. The molecule has 0 aliphatic rings. The highest BCUT2D eigenvalue weighted by atomic mass is 16.6. The van der Waals surface area contributed by atoms with E-state index < -0.39 is 60.1 Å². The van der Waals surface area contributed by atoms with Gasteiger partial charge in [-0.15, -0.1) is 0 Å². The Morgan fingerprint density at radius 2 is 1.58 bits per heavy atom. The second kappa shape index (κ2) is 6.63. The zero-order valence-corrected chi connectivity index (χ0v) is 12.4. The van der Waals surface area contributed by atoms with Gasteiger partial charge in [-0.1, -0.05) is 0 Å². The number of non-ortho nitro benzene ring substituents is 1. The number of hydrogen-bond acceptors (Lipinski definition) is 9. The minimum absolute atomic E-state index is 0.429. The van der Waals surface area contributed by atoms with Gasteiger partial charge in [0.1, 0.15) is 5.69 Å². The van der Waals surface area contributed by atoms with Gasteiger partial charge in [0.25, 0.3) is 5.69 Å². The largest absolute Gasteiger partial charge is 0.502 e. The molecule has 0 amide bonds. The normalized spacial score (nSPS) is 10.8. The number of hydrogen-bond donors (Lipinski definition) is 3. The molecule has 0 unspecified atom stereocenters. The fourth-order valence-electron chi connectivity index (χ4n) is 1.97. The fourth-order valence-corrected chi connectivity index (χ4v) is 1.97. The van der Waals surface area contributed by atoms with Crippen LogP contribution in [0.15, 0.2) is 21.7 Å². The summed E-state index contributed by atoms with van der Waals surface area (Å²) in [6, 6.07) is 1.31. The average molecular weight is 365 g/mol. The molecule has 0 atom stereocenters. The number of benzene rings is 1. The SMILES string of the molecule is O=c1[nH]c(/C=C/c2cc([N+](=O)[O-])cc([N+](=O)[O-])c2O)c([N+](=O)[O-])c(=O)[nH]1. The molecule has 26 heavy (non-hydrogen) atoms. The van der Waals surface area contributed by atoms with Gasteiger partial charge >= 0.3 is 22.6 Å². The Kier molecular flexibility index (Phi) is 4.59. The minimum Gasteiger partial charge on any atom is -0.502 e. The summed E-state index contributed by atoms with van der Waals surface area (Å²) in [5, 5.41) is 42.5. The summed E-state index contributed by atoms with van der Waals surface area (Å²) in [5.74, 6) is -0.938. The van der Waals surface area contributed by atoms with Gasteiger partial charge in [0.15, 0.2) is 0 Å². The summed E-state index contributed by atoms with van der Waals surface area (Å²) >= 11 is 0. The smallest absolute Gasteiger partial charge is 0.357 e. The first-order valence-corrected chi connectivity index (χ1v) is 6.46. The molecule has 0 saturated carbocycles.